The van der Waals surface area contributed by atoms with E-state index in [-0.39, 0.29) is 5.56 Å². The quantitative estimate of drug-likeness (QED) is 0.521. The van der Waals surface area contributed by atoms with Crippen LogP contribution < -0.4 is 19.6 Å². The summed E-state index contributed by atoms with van der Waals surface area (Å²) in [5.41, 5.74) is 2.46. The molecule has 0 unspecified atom stereocenters. The molecule has 7 heteroatoms. The van der Waals surface area contributed by atoms with E-state index in [2.05, 4.69) is 10.2 Å². The summed E-state index contributed by atoms with van der Waals surface area (Å²) in [6, 6.07) is 16.7. The Kier molecular flexibility index (Phi) is 4.94. The average molecular weight is 409 g/mol. The SMILES string of the molecule is COc1cc2cc(C)[n+](-c3ccc(=O)[nH]n3)c(-c3cccc(Cl)c3)c2cc1OC. The molecule has 0 bridgehead atoms. The monoisotopic (exact) mass is 408 g/mol. The fraction of sp³-hybridized carbons (Fsp3) is 0.136. The summed E-state index contributed by atoms with van der Waals surface area (Å²) < 4.78 is 13.0. The molecule has 0 saturated heterocycles. The Labute approximate surface area is 172 Å². The third-order valence-electron chi connectivity index (χ3n) is 4.74. The van der Waals surface area contributed by atoms with E-state index in [1.807, 2.05) is 54.0 Å². The highest BCUT2D eigenvalue weighted by atomic mass is 35.5. The zero-order valence-electron chi connectivity index (χ0n) is 16.2. The zero-order valence-corrected chi connectivity index (χ0v) is 16.9. The predicted octanol–water partition coefficient (Wildman–Crippen LogP) is 3.85. The molecule has 0 spiro atoms. The highest BCUT2D eigenvalue weighted by Gasteiger charge is 2.23. The second-order valence-corrected chi connectivity index (χ2v) is 6.99. The van der Waals surface area contributed by atoms with Gasteiger partial charge in [0.1, 0.15) is 11.4 Å². The summed E-state index contributed by atoms with van der Waals surface area (Å²) in [6.07, 6.45) is 0. The van der Waals surface area contributed by atoms with E-state index in [0.717, 1.165) is 27.7 Å². The first-order valence-corrected chi connectivity index (χ1v) is 9.33. The molecular formula is C22H19ClN3O3+. The molecule has 0 aliphatic rings. The van der Waals surface area contributed by atoms with Gasteiger partial charge in [-0.15, -0.1) is 5.10 Å². The molecule has 0 aliphatic heterocycles. The van der Waals surface area contributed by atoms with Crippen molar-refractivity contribution < 1.29 is 14.0 Å². The van der Waals surface area contributed by atoms with E-state index < -0.39 is 0 Å². The average Bonchev–Trinajstić information content (AvgIpc) is 2.72. The van der Waals surface area contributed by atoms with Gasteiger partial charge in [0.05, 0.1) is 19.3 Å². The van der Waals surface area contributed by atoms with Crippen molar-refractivity contribution in [2.45, 2.75) is 6.92 Å². The van der Waals surface area contributed by atoms with Crippen molar-refractivity contribution in [1.82, 2.24) is 10.2 Å². The van der Waals surface area contributed by atoms with E-state index in [4.69, 9.17) is 21.1 Å². The number of aryl methyl sites for hydroxylation is 1. The Morgan fingerprint density at radius 3 is 2.41 bits per heavy atom. The fourth-order valence-electron chi connectivity index (χ4n) is 3.48. The van der Waals surface area contributed by atoms with Crippen LogP contribution in [0.25, 0.3) is 27.8 Å². The maximum absolute atomic E-state index is 11.5. The number of nitrogens with zero attached hydrogens (tertiary/aromatic N) is 2. The highest BCUT2D eigenvalue weighted by molar-refractivity contribution is 6.30. The van der Waals surface area contributed by atoms with E-state index in [1.165, 1.54) is 6.07 Å². The van der Waals surface area contributed by atoms with Crippen LogP contribution in [0.4, 0.5) is 0 Å². The summed E-state index contributed by atoms with van der Waals surface area (Å²) in [5.74, 6) is 1.86. The van der Waals surface area contributed by atoms with Gasteiger partial charge < -0.3 is 9.47 Å². The Morgan fingerprint density at radius 1 is 1.00 bits per heavy atom. The fourth-order valence-corrected chi connectivity index (χ4v) is 3.67. The summed E-state index contributed by atoms with van der Waals surface area (Å²) >= 11 is 6.29. The number of halogens is 1. The van der Waals surface area contributed by atoms with Gasteiger partial charge in [-0.05, 0) is 42.6 Å². The number of benzene rings is 2. The van der Waals surface area contributed by atoms with Gasteiger partial charge in [-0.1, -0.05) is 23.7 Å². The minimum atomic E-state index is -0.261. The maximum atomic E-state index is 11.5. The number of aromatic nitrogens is 3. The second-order valence-electron chi connectivity index (χ2n) is 6.55. The molecule has 0 aliphatic carbocycles. The molecule has 2 aromatic heterocycles. The van der Waals surface area contributed by atoms with Gasteiger partial charge in [0.15, 0.2) is 11.5 Å². The number of rotatable bonds is 4. The van der Waals surface area contributed by atoms with Gasteiger partial charge in [0.2, 0.25) is 0 Å². The van der Waals surface area contributed by atoms with Crippen LogP contribution in [0.2, 0.25) is 5.02 Å². The van der Waals surface area contributed by atoms with Crippen molar-refractivity contribution in [3.63, 3.8) is 0 Å². The number of pyridine rings is 1. The first kappa shape index (κ1) is 19.0. The number of ether oxygens (including phenoxy) is 2. The summed E-state index contributed by atoms with van der Waals surface area (Å²) in [5, 5.41) is 9.28. The summed E-state index contributed by atoms with van der Waals surface area (Å²) in [6.45, 7) is 1.98. The number of aromatic amines is 1. The van der Waals surface area contributed by atoms with Crippen molar-refractivity contribution >= 4 is 22.4 Å². The molecular weight excluding hydrogens is 390 g/mol. The van der Waals surface area contributed by atoms with Crippen molar-refractivity contribution in [2.75, 3.05) is 14.2 Å². The maximum Gasteiger partial charge on any atom is 0.353 e. The van der Waals surface area contributed by atoms with Crippen molar-refractivity contribution in [3.05, 3.63) is 75.7 Å². The second kappa shape index (κ2) is 7.56. The van der Waals surface area contributed by atoms with E-state index in [0.29, 0.717) is 22.3 Å². The molecule has 0 amide bonds. The van der Waals surface area contributed by atoms with Crippen LogP contribution in [0, 0.1) is 6.92 Å². The summed E-state index contributed by atoms with van der Waals surface area (Å²) in [4.78, 5) is 11.5. The molecule has 29 heavy (non-hydrogen) atoms. The molecule has 6 nitrogen and oxygen atoms in total. The van der Waals surface area contributed by atoms with Crippen LogP contribution in [0.15, 0.2) is 59.4 Å². The molecule has 2 heterocycles. The van der Waals surface area contributed by atoms with Gasteiger partial charge in [0.25, 0.3) is 5.56 Å². The Hall–Kier alpha value is -3.38. The minimum Gasteiger partial charge on any atom is -0.493 e. The van der Waals surface area contributed by atoms with E-state index in [9.17, 15) is 4.79 Å². The number of nitrogens with one attached hydrogen (secondary N) is 1. The Balaban J connectivity index is 2.16. The van der Waals surface area contributed by atoms with Gasteiger partial charge in [-0.3, -0.25) is 4.79 Å². The normalized spacial score (nSPS) is 10.9. The van der Waals surface area contributed by atoms with Crippen LogP contribution in [0.1, 0.15) is 5.69 Å². The predicted molar refractivity (Wildman–Crippen MR) is 112 cm³/mol. The van der Waals surface area contributed by atoms with Crippen molar-refractivity contribution in [3.8, 4) is 28.6 Å². The minimum absolute atomic E-state index is 0.261. The topological polar surface area (TPSA) is 68.1 Å². The zero-order chi connectivity index (χ0) is 20.5. The first-order chi connectivity index (χ1) is 14.0. The number of methoxy groups -OCH3 is 2. The van der Waals surface area contributed by atoms with Crippen molar-refractivity contribution in [1.29, 1.82) is 0 Å². The van der Waals surface area contributed by atoms with Crippen LogP contribution in [-0.4, -0.2) is 24.4 Å². The summed E-state index contributed by atoms with van der Waals surface area (Å²) in [7, 11) is 3.22. The van der Waals surface area contributed by atoms with Gasteiger partial charge in [-0.2, -0.15) is 4.57 Å². The lowest BCUT2D eigenvalue weighted by molar-refractivity contribution is -0.594. The molecule has 4 aromatic rings. The lowest BCUT2D eigenvalue weighted by Gasteiger charge is -2.15. The smallest absolute Gasteiger partial charge is 0.353 e. The van der Waals surface area contributed by atoms with Crippen LogP contribution in [0.3, 0.4) is 0 Å². The molecule has 2 aromatic carbocycles. The molecule has 1 N–H and O–H groups in total. The number of fused-ring (bicyclic) bond motifs is 1. The van der Waals surface area contributed by atoms with Gasteiger partial charge in [0, 0.05) is 28.1 Å². The first-order valence-electron chi connectivity index (χ1n) is 8.95. The van der Waals surface area contributed by atoms with Gasteiger partial charge >= 0.3 is 5.82 Å². The van der Waals surface area contributed by atoms with E-state index in [1.54, 1.807) is 20.3 Å². The Bertz CT molecular complexity index is 1260. The largest absolute Gasteiger partial charge is 0.493 e. The Morgan fingerprint density at radius 2 is 1.76 bits per heavy atom. The number of H-pyrrole nitrogens is 1. The van der Waals surface area contributed by atoms with Crippen molar-refractivity contribution in [2.24, 2.45) is 0 Å². The highest BCUT2D eigenvalue weighted by Crippen LogP contribution is 2.36. The molecule has 0 radical (unpaired) electrons. The van der Waals surface area contributed by atoms with Crippen LogP contribution >= 0.6 is 11.6 Å². The lowest BCUT2D eigenvalue weighted by atomic mass is 10.0. The van der Waals surface area contributed by atoms with Crippen LogP contribution in [0.5, 0.6) is 11.5 Å². The lowest BCUT2D eigenvalue weighted by Crippen LogP contribution is -2.39. The standard InChI is InChI=1S/C22H18ClN3O3/c1-13-9-15-11-18(28-2)19(29-3)12-17(15)22(14-5-4-6-16(23)10-14)26(13)20-7-8-21(27)25-24-20/h4-12H,1-3H3/p+1. The molecule has 0 saturated carbocycles. The molecule has 0 fully saturated rings. The number of hydrogen-bond acceptors (Lipinski definition) is 4. The van der Waals surface area contributed by atoms with Gasteiger partial charge in [-0.25, -0.2) is 0 Å². The number of hydrogen-bond donors (Lipinski definition) is 1. The van der Waals surface area contributed by atoms with E-state index >= 15 is 0 Å². The molecule has 0 atom stereocenters. The molecule has 146 valence electrons. The third kappa shape index (κ3) is 3.43. The third-order valence-corrected chi connectivity index (χ3v) is 4.98. The molecule has 4 rings (SSSR count). The van der Waals surface area contributed by atoms with Crippen LogP contribution in [-0.2, 0) is 0 Å².